The summed E-state index contributed by atoms with van der Waals surface area (Å²) in [5.74, 6) is -0.768. The van der Waals surface area contributed by atoms with E-state index in [-0.39, 0.29) is 0 Å². The summed E-state index contributed by atoms with van der Waals surface area (Å²) < 4.78 is 5.20. The maximum Gasteiger partial charge on any atom is 0.325 e. The van der Waals surface area contributed by atoms with Gasteiger partial charge in [-0.1, -0.05) is 37.1 Å². The molecule has 1 aromatic carbocycles. The van der Waals surface area contributed by atoms with Crippen LogP contribution in [0.2, 0.25) is 0 Å². The van der Waals surface area contributed by atoms with E-state index < -0.39 is 12.0 Å². The second-order valence-corrected chi connectivity index (χ2v) is 5.32. The van der Waals surface area contributed by atoms with E-state index in [1.807, 2.05) is 24.3 Å². The number of nitrogens with zero attached hydrogens (tertiary/aromatic N) is 1. The molecule has 1 heterocycles. The molecule has 4 nitrogen and oxygen atoms in total. The molecule has 1 aliphatic rings. The van der Waals surface area contributed by atoms with E-state index in [0.717, 1.165) is 37.1 Å². The maximum atomic E-state index is 11.8. The lowest BCUT2D eigenvalue weighted by Crippen LogP contribution is -2.35. The van der Waals surface area contributed by atoms with Crippen LogP contribution in [0.4, 0.5) is 0 Å². The Morgan fingerprint density at radius 2 is 1.90 bits per heavy atom. The predicted octanol–water partition coefficient (Wildman–Crippen LogP) is 2.83. The number of ether oxygens (including phenoxy) is 1. The molecule has 20 heavy (non-hydrogen) atoms. The minimum absolute atomic E-state index is 0.452. The highest BCUT2D eigenvalue weighted by Crippen LogP contribution is 2.27. The SMILES string of the molecule is COCc1ccccc1C(C(=O)O)N1CCCCCC1. The largest absolute Gasteiger partial charge is 0.480 e. The lowest BCUT2D eigenvalue weighted by molar-refractivity contribution is -0.143. The monoisotopic (exact) mass is 277 g/mol. The van der Waals surface area contributed by atoms with Gasteiger partial charge in [-0.2, -0.15) is 0 Å². The molecule has 0 saturated carbocycles. The van der Waals surface area contributed by atoms with E-state index in [4.69, 9.17) is 4.74 Å². The van der Waals surface area contributed by atoms with Crippen molar-refractivity contribution < 1.29 is 14.6 Å². The second kappa shape index (κ2) is 7.41. The molecule has 1 atom stereocenters. The molecular weight excluding hydrogens is 254 g/mol. The van der Waals surface area contributed by atoms with Crippen LogP contribution in [0.3, 0.4) is 0 Å². The molecule has 1 N–H and O–H groups in total. The minimum Gasteiger partial charge on any atom is -0.480 e. The third-order valence-corrected chi connectivity index (χ3v) is 3.89. The first-order valence-corrected chi connectivity index (χ1v) is 7.27. The molecule has 110 valence electrons. The van der Waals surface area contributed by atoms with Gasteiger partial charge in [0.15, 0.2) is 0 Å². The number of carboxylic acids is 1. The van der Waals surface area contributed by atoms with Gasteiger partial charge < -0.3 is 9.84 Å². The second-order valence-electron chi connectivity index (χ2n) is 5.32. The van der Waals surface area contributed by atoms with Crippen molar-refractivity contribution in [3.8, 4) is 0 Å². The number of aliphatic carboxylic acids is 1. The molecule has 1 unspecified atom stereocenters. The van der Waals surface area contributed by atoms with E-state index in [9.17, 15) is 9.90 Å². The Balaban J connectivity index is 2.30. The van der Waals surface area contributed by atoms with Gasteiger partial charge in [0, 0.05) is 7.11 Å². The summed E-state index contributed by atoms with van der Waals surface area (Å²) in [6, 6.07) is 7.14. The lowest BCUT2D eigenvalue weighted by Gasteiger charge is -2.29. The fourth-order valence-electron chi connectivity index (χ4n) is 2.93. The molecule has 1 aromatic rings. The summed E-state index contributed by atoms with van der Waals surface area (Å²) in [4.78, 5) is 13.9. The number of likely N-dealkylation sites (tertiary alicyclic amines) is 1. The van der Waals surface area contributed by atoms with E-state index in [1.165, 1.54) is 12.8 Å². The zero-order valence-corrected chi connectivity index (χ0v) is 12.0. The molecule has 4 heteroatoms. The maximum absolute atomic E-state index is 11.8. The summed E-state index contributed by atoms with van der Waals surface area (Å²) in [6.45, 7) is 2.17. The summed E-state index contributed by atoms with van der Waals surface area (Å²) >= 11 is 0. The van der Waals surface area contributed by atoms with Crippen molar-refractivity contribution in [1.82, 2.24) is 4.90 Å². The van der Waals surface area contributed by atoms with Gasteiger partial charge >= 0.3 is 5.97 Å². The van der Waals surface area contributed by atoms with Crippen LogP contribution >= 0.6 is 0 Å². The normalized spacial score (nSPS) is 18.4. The number of carboxylic acid groups (broad SMARTS) is 1. The fourth-order valence-corrected chi connectivity index (χ4v) is 2.93. The predicted molar refractivity (Wildman–Crippen MR) is 77.6 cm³/mol. The Labute approximate surface area is 120 Å². The van der Waals surface area contributed by atoms with Crippen molar-refractivity contribution in [2.45, 2.75) is 38.3 Å². The molecule has 1 aliphatic heterocycles. The van der Waals surface area contributed by atoms with Crippen LogP contribution in [0.5, 0.6) is 0 Å². The molecule has 0 spiro atoms. The lowest BCUT2D eigenvalue weighted by atomic mass is 9.99. The summed E-state index contributed by atoms with van der Waals surface area (Å²) in [5, 5.41) is 9.68. The average Bonchev–Trinajstić information content (AvgIpc) is 2.70. The zero-order chi connectivity index (χ0) is 14.4. The number of benzene rings is 1. The first-order valence-electron chi connectivity index (χ1n) is 7.27. The Kier molecular flexibility index (Phi) is 5.56. The van der Waals surface area contributed by atoms with Gasteiger partial charge in [-0.15, -0.1) is 0 Å². The molecule has 0 amide bonds. The molecule has 0 aliphatic carbocycles. The van der Waals surface area contributed by atoms with Crippen molar-refractivity contribution in [2.75, 3.05) is 20.2 Å². The Morgan fingerprint density at radius 3 is 2.50 bits per heavy atom. The molecule has 0 bridgehead atoms. The third kappa shape index (κ3) is 3.58. The van der Waals surface area contributed by atoms with Gasteiger partial charge in [0.2, 0.25) is 0 Å². The minimum atomic E-state index is -0.768. The van der Waals surface area contributed by atoms with E-state index >= 15 is 0 Å². The van der Waals surface area contributed by atoms with Crippen molar-refractivity contribution in [1.29, 1.82) is 0 Å². The molecule has 0 radical (unpaired) electrons. The van der Waals surface area contributed by atoms with Crippen molar-refractivity contribution in [3.05, 3.63) is 35.4 Å². The van der Waals surface area contributed by atoms with Crippen LogP contribution in [0, 0.1) is 0 Å². The first-order chi connectivity index (χ1) is 9.74. The highest BCUT2D eigenvalue weighted by molar-refractivity contribution is 5.76. The van der Waals surface area contributed by atoms with E-state index in [1.54, 1.807) is 7.11 Å². The Hall–Kier alpha value is -1.39. The van der Waals surface area contributed by atoms with Crippen molar-refractivity contribution >= 4 is 5.97 Å². The van der Waals surface area contributed by atoms with Gasteiger partial charge in [-0.25, -0.2) is 0 Å². The number of methoxy groups -OCH3 is 1. The highest BCUT2D eigenvalue weighted by atomic mass is 16.5. The summed E-state index contributed by atoms with van der Waals surface area (Å²) in [5.41, 5.74) is 1.83. The van der Waals surface area contributed by atoms with Crippen LogP contribution in [0.15, 0.2) is 24.3 Å². The average molecular weight is 277 g/mol. The fraction of sp³-hybridized carbons (Fsp3) is 0.562. The standard InChI is InChI=1S/C16H23NO3/c1-20-12-13-8-4-5-9-14(13)15(16(18)19)17-10-6-2-3-7-11-17/h4-5,8-9,15H,2-3,6-7,10-12H2,1H3,(H,18,19). The van der Waals surface area contributed by atoms with Crippen molar-refractivity contribution in [3.63, 3.8) is 0 Å². The van der Waals surface area contributed by atoms with Gasteiger partial charge in [-0.3, -0.25) is 9.69 Å². The molecule has 0 aromatic heterocycles. The highest BCUT2D eigenvalue weighted by Gasteiger charge is 2.29. The quantitative estimate of drug-likeness (QED) is 0.899. The van der Waals surface area contributed by atoms with E-state index in [2.05, 4.69) is 4.90 Å². The van der Waals surface area contributed by atoms with Crippen LogP contribution < -0.4 is 0 Å². The van der Waals surface area contributed by atoms with Crippen LogP contribution in [-0.4, -0.2) is 36.2 Å². The summed E-state index contributed by atoms with van der Waals surface area (Å²) in [7, 11) is 1.64. The van der Waals surface area contributed by atoms with Gasteiger partial charge in [0.05, 0.1) is 6.61 Å². The molecular formula is C16H23NO3. The number of carbonyl (C=O) groups is 1. The molecule has 1 saturated heterocycles. The molecule has 1 fully saturated rings. The van der Waals surface area contributed by atoms with Gasteiger partial charge in [0.25, 0.3) is 0 Å². The van der Waals surface area contributed by atoms with Crippen LogP contribution in [-0.2, 0) is 16.1 Å². The first kappa shape index (κ1) is 15.0. The van der Waals surface area contributed by atoms with Crippen LogP contribution in [0.1, 0.15) is 42.9 Å². The topological polar surface area (TPSA) is 49.8 Å². The van der Waals surface area contributed by atoms with Crippen molar-refractivity contribution in [2.24, 2.45) is 0 Å². The third-order valence-electron chi connectivity index (χ3n) is 3.89. The number of hydrogen-bond acceptors (Lipinski definition) is 3. The summed E-state index contributed by atoms with van der Waals surface area (Å²) in [6.07, 6.45) is 4.55. The van der Waals surface area contributed by atoms with Gasteiger partial charge in [-0.05, 0) is 37.1 Å². The Morgan fingerprint density at radius 1 is 1.25 bits per heavy atom. The van der Waals surface area contributed by atoms with Crippen LogP contribution in [0.25, 0.3) is 0 Å². The number of hydrogen-bond donors (Lipinski definition) is 1. The van der Waals surface area contributed by atoms with Gasteiger partial charge in [0.1, 0.15) is 6.04 Å². The number of rotatable bonds is 5. The molecule has 2 rings (SSSR count). The smallest absolute Gasteiger partial charge is 0.325 e. The Bertz CT molecular complexity index is 439. The zero-order valence-electron chi connectivity index (χ0n) is 12.0. The van der Waals surface area contributed by atoms with E-state index in [0.29, 0.717) is 6.61 Å².